The van der Waals surface area contributed by atoms with E-state index in [0.717, 1.165) is 0 Å². The highest BCUT2D eigenvalue weighted by Gasteiger charge is 2.15. The Labute approximate surface area is 138 Å². The third kappa shape index (κ3) is 4.04. The van der Waals surface area contributed by atoms with Gasteiger partial charge in [0.15, 0.2) is 0 Å². The summed E-state index contributed by atoms with van der Waals surface area (Å²) in [5.41, 5.74) is 0.679. The van der Waals surface area contributed by atoms with Crippen LogP contribution < -0.4 is 10.1 Å². The van der Waals surface area contributed by atoms with Gasteiger partial charge < -0.3 is 19.6 Å². The first kappa shape index (κ1) is 16.9. The largest absolute Gasteiger partial charge is 0.496 e. The lowest BCUT2D eigenvalue weighted by molar-refractivity contribution is -0.120. The predicted octanol–water partition coefficient (Wildman–Crippen LogP) is 2.81. The van der Waals surface area contributed by atoms with Crippen LogP contribution in [0.15, 0.2) is 28.7 Å². The number of methoxy groups -OCH3 is 1. The molecule has 1 aromatic carbocycles. The van der Waals surface area contributed by atoms with Crippen LogP contribution in [0, 0.1) is 6.92 Å². The number of aromatic carboxylic acids is 1. The third-order valence-corrected chi connectivity index (χ3v) is 3.65. The second-order valence-electron chi connectivity index (χ2n) is 4.86. The number of hydrogen-bond acceptors (Lipinski definition) is 4. The van der Waals surface area contributed by atoms with Crippen molar-refractivity contribution in [3.05, 3.63) is 51.9 Å². The van der Waals surface area contributed by atoms with E-state index < -0.39 is 5.97 Å². The Balaban J connectivity index is 2.01. The van der Waals surface area contributed by atoms with Crippen LogP contribution in [0.3, 0.4) is 0 Å². The monoisotopic (exact) mass is 337 g/mol. The molecule has 0 atom stereocenters. The van der Waals surface area contributed by atoms with Crippen LogP contribution in [-0.2, 0) is 17.8 Å². The Kier molecular flexibility index (Phi) is 5.28. The number of hydrogen-bond donors (Lipinski definition) is 2. The molecule has 1 aromatic heterocycles. The van der Waals surface area contributed by atoms with E-state index in [1.807, 2.05) is 0 Å². The number of amides is 1. The molecule has 23 heavy (non-hydrogen) atoms. The minimum Gasteiger partial charge on any atom is -0.496 e. The molecule has 2 N–H and O–H groups in total. The SMILES string of the molecule is COc1cccc(Cl)c1CC(=O)NCc1cc(C(=O)O)c(C)o1. The first-order chi connectivity index (χ1) is 10.9. The first-order valence-corrected chi connectivity index (χ1v) is 7.21. The van der Waals surface area contributed by atoms with E-state index in [1.54, 1.807) is 25.1 Å². The normalized spacial score (nSPS) is 10.4. The third-order valence-electron chi connectivity index (χ3n) is 3.29. The van der Waals surface area contributed by atoms with Crippen molar-refractivity contribution < 1.29 is 23.8 Å². The molecular weight excluding hydrogens is 322 g/mol. The van der Waals surface area contributed by atoms with Crippen LogP contribution in [0.25, 0.3) is 0 Å². The molecule has 2 aromatic rings. The summed E-state index contributed by atoms with van der Waals surface area (Å²) in [6, 6.07) is 6.54. The lowest BCUT2D eigenvalue weighted by atomic mass is 10.1. The second kappa shape index (κ2) is 7.19. The van der Waals surface area contributed by atoms with Gasteiger partial charge >= 0.3 is 5.97 Å². The first-order valence-electron chi connectivity index (χ1n) is 6.83. The number of benzene rings is 1. The lowest BCUT2D eigenvalue weighted by Crippen LogP contribution is -2.24. The number of furan rings is 1. The summed E-state index contributed by atoms with van der Waals surface area (Å²) >= 11 is 6.08. The number of carboxylic acids is 1. The molecule has 0 bridgehead atoms. The summed E-state index contributed by atoms with van der Waals surface area (Å²) in [5.74, 6) is -0.129. The molecule has 2 rings (SSSR count). The van der Waals surface area contributed by atoms with Gasteiger partial charge in [-0.05, 0) is 25.1 Å². The quantitative estimate of drug-likeness (QED) is 0.846. The summed E-state index contributed by atoms with van der Waals surface area (Å²) in [4.78, 5) is 23.0. The summed E-state index contributed by atoms with van der Waals surface area (Å²) in [5, 5.41) is 12.1. The van der Waals surface area contributed by atoms with Gasteiger partial charge in [0, 0.05) is 10.6 Å². The molecule has 0 aliphatic rings. The van der Waals surface area contributed by atoms with Crippen LogP contribution in [0.1, 0.15) is 27.4 Å². The fraction of sp³-hybridized carbons (Fsp3) is 0.250. The molecule has 0 radical (unpaired) electrons. The highest BCUT2D eigenvalue weighted by molar-refractivity contribution is 6.31. The zero-order chi connectivity index (χ0) is 17.0. The number of ether oxygens (including phenoxy) is 1. The van der Waals surface area contributed by atoms with Gasteiger partial charge in [0.1, 0.15) is 22.8 Å². The van der Waals surface area contributed by atoms with Gasteiger partial charge in [-0.25, -0.2) is 4.79 Å². The van der Waals surface area contributed by atoms with E-state index in [4.69, 9.17) is 25.9 Å². The van der Waals surface area contributed by atoms with Crippen molar-refractivity contribution in [2.75, 3.05) is 7.11 Å². The molecule has 0 spiro atoms. The van der Waals surface area contributed by atoms with Crippen LogP contribution >= 0.6 is 11.6 Å². The molecule has 0 aliphatic carbocycles. The number of carbonyl (C=O) groups is 2. The highest BCUT2D eigenvalue weighted by atomic mass is 35.5. The average molecular weight is 338 g/mol. The van der Waals surface area contributed by atoms with Gasteiger partial charge in [0.2, 0.25) is 5.91 Å². The van der Waals surface area contributed by atoms with E-state index in [0.29, 0.717) is 27.9 Å². The van der Waals surface area contributed by atoms with Crippen molar-refractivity contribution in [2.24, 2.45) is 0 Å². The highest BCUT2D eigenvalue weighted by Crippen LogP contribution is 2.26. The summed E-state index contributed by atoms with van der Waals surface area (Å²) < 4.78 is 10.5. The smallest absolute Gasteiger partial charge is 0.339 e. The number of carboxylic acid groups (broad SMARTS) is 1. The van der Waals surface area contributed by atoms with Gasteiger partial charge in [-0.15, -0.1) is 0 Å². The molecule has 0 unspecified atom stereocenters. The van der Waals surface area contributed by atoms with Gasteiger partial charge in [0.05, 0.1) is 20.1 Å². The average Bonchev–Trinajstić information content (AvgIpc) is 2.88. The maximum Gasteiger partial charge on any atom is 0.339 e. The Morgan fingerprint density at radius 1 is 1.39 bits per heavy atom. The van der Waals surface area contributed by atoms with Crippen molar-refractivity contribution >= 4 is 23.5 Å². The van der Waals surface area contributed by atoms with E-state index >= 15 is 0 Å². The Bertz CT molecular complexity index is 738. The number of halogens is 1. The van der Waals surface area contributed by atoms with Crippen molar-refractivity contribution in [1.82, 2.24) is 5.32 Å². The van der Waals surface area contributed by atoms with Crippen LogP contribution in [0.4, 0.5) is 0 Å². The van der Waals surface area contributed by atoms with E-state index in [1.165, 1.54) is 13.2 Å². The Morgan fingerprint density at radius 3 is 2.74 bits per heavy atom. The van der Waals surface area contributed by atoms with Crippen molar-refractivity contribution in [3.8, 4) is 5.75 Å². The molecule has 0 saturated carbocycles. The minimum atomic E-state index is -1.07. The Hall–Kier alpha value is -2.47. The topological polar surface area (TPSA) is 88.8 Å². The van der Waals surface area contributed by atoms with E-state index in [-0.39, 0.29) is 24.4 Å². The number of carbonyl (C=O) groups excluding carboxylic acids is 1. The maximum atomic E-state index is 12.0. The Morgan fingerprint density at radius 2 is 2.13 bits per heavy atom. The molecule has 0 aliphatic heterocycles. The van der Waals surface area contributed by atoms with Crippen molar-refractivity contribution in [1.29, 1.82) is 0 Å². The molecule has 0 saturated heterocycles. The molecule has 0 fully saturated rings. The minimum absolute atomic E-state index is 0.0499. The van der Waals surface area contributed by atoms with Gasteiger partial charge in [-0.3, -0.25) is 4.79 Å². The van der Waals surface area contributed by atoms with E-state index in [9.17, 15) is 9.59 Å². The number of rotatable bonds is 6. The summed E-state index contributed by atoms with van der Waals surface area (Å²) in [6.45, 7) is 1.66. The predicted molar refractivity (Wildman–Crippen MR) is 84.0 cm³/mol. The van der Waals surface area contributed by atoms with Gasteiger partial charge in [-0.1, -0.05) is 17.7 Å². The van der Waals surface area contributed by atoms with Gasteiger partial charge in [0.25, 0.3) is 0 Å². The lowest BCUT2D eigenvalue weighted by Gasteiger charge is -2.10. The fourth-order valence-electron chi connectivity index (χ4n) is 2.15. The van der Waals surface area contributed by atoms with E-state index in [2.05, 4.69) is 5.32 Å². The van der Waals surface area contributed by atoms with Crippen molar-refractivity contribution in [2.45, 2.75) is 19.9 Å². The molecule has 1 heterocycles. The summed E-state index contributed by atoms with van der Waals surface area (Å²) in [7, 11) is 1.51. The summed E-state index contributed by atoms with van der Waals surface area (Å²) in [6.07, 6.45) is 0.0499. The number of nitrogens with one attached hydrogen (secondary N) is 1. The molecule has 6 nitrogen and oxygen atoms in total. The zero-order valence-electron chi connectivity index (χ0n) is 12.7. The molecular formula is C16H16ClNO5. The molecule has 122 valence electrons. The van der Waals surface area contributed by atoms with Crippen molar-refractivity contribution in [3.63, 3.8) is 0 Å². The molecule has 1 amide bonds. The maximum absolute atomic E-state index is 12.0. The zero-order valence-corrected chi connectivity index (χ0v) is 13.4. The number of aryl methyl sites for hydroxylation is 1. The second-order valence-corrected chi connectivity index (χ2v) is 5.27. The van der Waals surface area contributed by atoms with Crippen LogP contribution in [-0.4, -0.2) is 24.1 Å². The van der Waals surface area contributed by atoms with Gasteiger partial charge in [-0.2, -0.15) is 0 Å². The van der Waals surface area contributed by atoms with Crippen LogP contribution in [0.5, 0.6) is 5.75 Å². The molecule has 7 heteroatoms. The van der Waals surface area contributed by atoms with Crippen LogP contribution in [0.2, 0.25) is 5.02 Å². The fourth-order valence-corrected chi connectivity index (χ4v) is 2.39. The standard InChI is InChI=1S/C16H16ClNO5/c1-9-11(16(20)21)6-10(23-9)8-18-15(19)7-12-13(17)4-3-5-14(12)22-2/h3-6H,7-8H2,1-2H3,(H,18,19)(H,20,21).